The lowest BCUT2D eigenvalue weighted by atomic mass is 9.84. The number of likely N-dealkylation sites (tertiary alicyclic amines) is 1. The van der Waals surface area contributed by atoms with E-state index in [2.05, 4.69) is 15.2 Å². The molecule has 38 heavy (non-hydrogen) atoms. The lowest BCUT2D eigenvalue weighted by Gasteiger charge is -2.36. The average molecular weight is 534 g/mol. The minimum Gasteiger partial charge on any atom is -0.378 e. The lowest BCUT2D eigenvalue weighted by molar-refractivity contribution is -0.172. The van der Waals surface area contributed by atoms with E-state index in [1.165, 1.54) is 4.90 Å². The molecule has 0 atom stereocenters. The summed E-state index contributed by atoms with van der Waals surface area (Å²) in [5.74, 6) is -7.68. The molecule has 0 bridgehead atoms. The quantitative estimate of drug-likeness (QED) is 0.580. The minimum absolute atomic E-state index is 0.0422. The second kappa shape index (κ2) is 9.68. The number of anilines is 4. The fraction of sp³-hybridized carbons (Fsp3) is 0.556. The van der Waals surface area contributed by atoms with Gasteiger partial charge in [0.15, 0.2) is 0 Å². The van der Waals surface area contributed by atoms with E-state index in [-0.39, 0.29) is 17.9 Å². The molecule has 1 saturated carbocycles. The van der Waals surface area contributed by atoms with Crippen molar-refractivity contribution in [2.75, 3.05) is 54.5 Å². The molecule has 1 amide bonds. The van der Waals surface area contributed by atoms with Gasteiger partial charge in [-0.2, -0.15) is 17.6 Å². The third-order valence-corrected chi connectivity index (χ3v) is 8.29. The van der Waals surface area contributed by atoms with Gasteiger partial charge in [-0.3, -0.25) is 9.69 Å². The molecule has 0 spiro atoms. The number of amides is 1. The van der Waals surface area contributed by atoms with Gasteiger partial charge in [0.2, 0.25) is 5.91 Å². The van der Waals surface area contributed by atoms with Crippen molar-refractivity contribution in [3.05, 3.63) is 42.1 Å². The van der Waals surface area contributed by atoms with Crippen molar-refractivity contribution < 1.29 is 27.1 Å². The maximum absolute atomic E-state index is 14.0. The molecular formula is C27H31F4N5O2. The van der Waals surface area contributed by atoms with Crippen molar-refractivity contribution in [3.8, 4) is 0 Å². The number of aromatic nitrogens is 1. The Morgan fingerprint density at radius 1 is 1.00 bits per heavy atom. The second-order valence-electron chi connectivity index (χ2n) is 10.7. The van der Waals surface area contributed by atoms with Gasteiger partial charge in [0.25, 0.3) is 0 Å². The van der Waals surface area contributed by atoms with Crippen LogP contribution in [-0.4, -0.2) is 73.1 Å². The van der Waals surface area contributed by atoms with E-state index in [0.29, 0.717) is 51.3 Å². The van der Waals surface area contributed by atoms with Gasteiger partial charge in [-0.1, -0.05) is 6.07 Å². The molecule has 7 nitrogen and oxygen atoms in total. The molecule has 2 saturated heterocycles. The number of hydrogen-bond acceptors (Lipinski definition) is 6. The van der Waals surface area contributed by atoms with E-state index in [0.717, 1.165) is 35.7 Å². The van der Waals surface area contributed by atoms with Crippen LogP contribution in [0.5, 0.6) is 0 Å². The summed E-state index contributed by atoms with van der Waals surface area (Å²) in [6.07, 6.45) is 3.53. The fourth-order valence-electron chi connectivity index (χ4n) is 6.09. The summed E-state index contributed by atoms with van der Waals surface area (Å²) in [5, 5.41) is 3.38. The van der Waals surface area contributed by atoms with E-state index in [1.54, 1.807) is 11.1 Å². The first-order chi connectivity index (χ1) is 18.2. The van der Waals surface area contributed by atoms with Gasteiger partial charge in [-0.15, -0.1) is 0 Å². The zero-order valence-electron chi connectivity index (χ0n) is 21.0. The Kier molecular flexibility index (Phi) is 6.46. The number of morpholine rings is 1. The summed E-state index contributed by atoms with van der Waals surface area (Å²) in [6.45, 7) is 1.31. The van der Waals surface area contributed by atoms with Crippen LogP contribution in [0.4, 0.5) is 40.4 Å². The fourth-order valence-corrected chi connectivity index (χ4v) is 6.09. The Morgan fingerprint density at radius 2 is 1.71 bits per heavy atom. The molecule has 1 N–H and O–H groups in total. The van der Waals surface area contributed by atoms with Crippen molar-refractivity contribution in [3.63, 3.8) is 0 Å². The highest BCUT2D eigenvalue weighted by Gasteiger charge is 2.63. The lowest BCUT2D eigenvalue weighted by Crippen LogP contribution is -2.42. The summed E-state index contributed by atoms with van der Waals surface area (Å²) in [6, 6.07) is 9.43. The Labute approximate surface area is 218 Å². The molecule has 204 valence electrons. The third-order valence-electron chi connectivity index (χ3n) is 8.29. The maximum atomic E-state index is 14.0. The Balaban J connectivity index is 1.23. The number of ether oxygens (including phenoxy) is 1. The molecule has 3 aliphatic heterocycles. The normalized spacial score (nSPS) is 26.7. The van der Waals surface area contributed by atoms with Crippen LogP contribution in [0.3, 0.4) is 0 Å². The molecule has 0 unspecified atom stereocenters. The number of hydrogen-bond donors (Lipinski definition) is 1. The SMILES string of the molecule is O=C([C@H]1CC[C@@H](N2CC(F)(F)C(F)(F)C2)CC1)N1Cc2cccnc2Nc2ccc(N3CCOCC3)cc21. The van der Waals surface area contributed by atoms with E-state index in [1.807, 2.05) is 30.3 Å². The van der Waals surface area contributed by atoms with Crippen molar-refractivity contribution in [1.82, 2.24) is 9.88 Å². The summed E-state index contributed by atoms with van der Waals surface area (Å²) in [5.41, 5.74) is 3.44. The van der Waals surface area contributed by atoms with Crippen molar-refractivity contribution in [2.24, 2.45) is 5.92 Å². The van der Waals surface area contributed by atoms with Crippen molar-refractivity contribution >= 4 is 28.8 Å². The Hall–Kier alpha value is -2.92. The zero-order chi connectivity index (χ0) is 26.5. The first-order valence-corrected chi connectivity index (χ1v) is 13.2. The van der Waals surface area contributed by atoms with E-state index in [9.17, 15) is 22.4 Å². The van der Waals surface area contributed by atoms with E-state index < -0.39 is 24.9 Å². The van der Waals surface area contributed by atoms with E-state index >= 15 is 0 Å². The first kappa shape index (κ1) is 25.4. The number of nitrogens with zero attached hydrogens (tertiary/aromatic N) is 4. The highest BCUT2D eigenvalue weighted by molar-refractivity contribution is 6.00. The minimum atomic E-state index is -4.01. The van der Waals surface area contributed by atoms with Gasteiger partial charge in [0, 0.05) is 42.5 Å². The Bertz CT molecular complexity index is 1180. The third kappa shape index (κ3) is 4.59. The molecule has 1 aromatic heterocycles. The summed E-state index contributed by atoms with van der Waals surface area (Å²) >= 11 is 0. The number of nitrogens with one attached hydrogen (secondary N) is 1. The molecular weight excluding hydrogens is 502 g/mol. The summed E-state index contributed by atoms with van der Waals surface area (Å²) in [7, 11) is 0. The highest BCUT2D eigenvalue weighted by atomic mass is 19.3. The van der Waals surface area contributed by atoms with Crippen LogP contribution in [-0.2, 0) is 16.1 Å². The number of halogens is 4. The number of fused-ring (bicyclic) bond motifs is 2. The largest absolute Gasteiger partial charge is 0.378 e. The smallest absolute Gasteiger partial charge is 0.323 e. The monoisotopic (exact) mass is 533 g/mol. The summed E-state index contributed by atoms with van der Waals surface area (Å²) in [4.78, 5) is 23.7. The van der Waals surface area contributed by atoms with Gasteiger partial charge < -0.3 is 19.9 Å². The molecule has 6 rings (SSSR count). The zero-order valence-corrected chi connectivity index (χ0v) is 21.0. The second-order valence-corrected chi connectivity index (χ2v) is 10.7. The van der Waals surface area contributed by atoms with Crippen molar-refractivity contribution in [1.29, 1.82) is 0 Å². The molecule has 4 aliphatic rings. The number of pyridine rings is 1. The van der Waals surface area contributed by atoms with Crippen LogP contribution in [0.2, 0.25) is 0 Å². The molecule has 4 heterocycles. The number of rotatable bonds is 3. The standard InChI is InChI=1S/C27H31F4N5O2/c28-26(29)16-35(17-27(26,30)31)20-5-3-18(4-6-20)25(37)36-15-19-2-1-9-32-24(19)33-22-8-7-21(14-23(22)36)34-10-12-38-13-11-34/h1-2,7-9,14,18,20H,3-6,10-13,15-17H2,(H,32,33)/t18-,20+. The Morgan fingerprint density at radius 3 is 2.42 bits per heavy atom. The predicted octanol–water partition coefficient (Wildman–Crippen LogP) is 4.65. The van der Waals surface area contributed by atoms with Gasteiger partial charge in [0.05, 0.1) is 44.2 Å². The number of benzene rings is 1. The van der Waals surface area contributed by atoms with Crippen molar-refractivity contribution in [2.45, 2.75) is 50.1 Å². The molecule has 2 aromatic rings. The first-order valence-electron chi connectivity index (χ1n) is 13.2. The average Bonchev–Trinajstić information content (AvgIpc) is 3.05. The van der Waals surface area contributed by atoms with Crippen LogP contribution in [0.1, 0.15) is 31.2 Å². The molecule has 11 heteroatoms. The summed E-state index contributed by atoms with van der Waals surface area (Å²) < 4.78 is 60.6. The van der Waals surface area contributed by atoms with Crippen LogP contribution in [0, 0.1) is 5.92 Å². The topological polar surface area (TPSA) is 60.9 Å². The number of carbonyl (C=O) groups is 1. The van der Waals surface area contributed by atoms with Crippen LogP contribution >= 0.6 is 0 Å². The molecule has 0 radical (unpaired) electrons. The molecule has 1 aromatic carbocycles. The predicted molar refractivity (Wildman–Crippen MR) is 135 cm³/mol. The van der Waals surface area contributed by atoms with Gasteiger partial charge in [0.1, 0.15) is 5.82 Å². The van der Waals surface area contributed by atoms with Gasteiger partial charge in [-0.25, -0.2) is 4.98 Å². The van der Waals surface area contributed by atoms with Crippen LogP contribution < -0.4 is 15.1 Å². The molecule has 1 aliphatic carbocycles. The highest BCUT2D eigenvalue weighted by Crippen LogP contribution is 2.44. The molecule has 3 fully saturated rings. The number of carbonyl (C=O) groups excluding carboxylic acids is 1. The van der Waals surface area contributed by atoms with Crippen LogP contribution in [0.25, 0.3) is 0 Å². The van der Waals surface area contributed by atoms with E-state index in [4.69, 9.17) is 4.74 Å². The number of alkyl halides is 4. The maximum Gasteiger partial charge on any atom is 0.323 e. The van der Waals surface area contributed by atoms with Gasteiger partial charge >= 0.3 is 11.8 Å². The van der Waals surface area contributed by atoms with Gasteiger partial charge in [-0.05, 0) is 49.9 Å². The van der Waals surface area contributed by atoms with Crippen LogP contribution in [0.15, 0.2) is 36.5 Å².